The van der Waals surface area contributed by atoms with Crippen molar-refractivity contribution in [2.24, 2.45) is 0 Å². The van der Waals surface area contributed by atoms with Gasteiger partial charge in [0.25, 0.3) is 0 Å². The fourth-order valence-electron chi connectivity index (χ4n) is 1.96. The molecule has 0 radical (unpaired) electrons. The number of fused-ring (bicyclic) bond motifs is 1. The first-order valence-corrected chi connectivity index (χ1v) is 6.54. The summed E-state index contributed by atoms with van der Waals surface area (Å²) in [5, 5.41) is 6.52. The van der Waals surface area contributed by atoms with Gasteiger partial charge in [-0.25, -0.2) is 13.2 Å². The number of alkyl halides is 1. The van der Waals surface area contributed by atoms with Crippen LogP contribution in [0, 0.1) is 0 Å². The van der Waals surface area contributed by atoms with Gasteiger partial charge in [-0.05, 0) is 12.5 Å². The standard InChI is InChI=1S/C8H8ClNO5S/c1-3-2-16(14,15)7-4(9)6(11)10(7)5(3)8(12)13/h4,7H,2H2,1H3,(H,12,13)/t4-,7+/m0/s1. The number of β-lactam (4-membered cyclic amide) rings is 1. The van der Waals surface area contributed by atoms with Crippen LogP contribution in [0.4, 0.5) is 0 Å². The number of rotatable bonds is 1. The van der Waals surface area contributed by atoms with Gasteiger partial charge in [0, 0.05) is 0 Å². The van der Waals surface area contributed by atoms with Crippen LogP contribution in [0.25, 0.3) is 0 Å². The largest absolute Gasteiger partial charge is 0.477 e. The van der Waals surface area contributed by atoms with Crippen LogP contribution >= 0.6 is 11.6 Å². The van der Waals surface area contributed by atoms with E-state index >= 15 is 0 Å². The van der Waals surface area contributed by atoms with Crippen LogP contribution in [0.1, 0.15) is 6.92 Å². The molecule has 0 saturated carbocycles. The van der Waals surface area contributed by atoms with Crippen LogP contribution in [0.2, 0.25) is 0 Å². The van der Waals surface area contributed by atoms with Gasteiger partial charge in [0.05, 0.1) is 5.75 Å². The summed E-state index contributed by atoms with van der Waals surface area (Å²) in [4.78, 5) is 23.1. The van der Waals surface area contributed by atoms with Gasteiger partial charge < -0.3 is 5.11 Å². The Morgan fingerprint density at radius 3 is 2.62 bits per heavy atom. The van der Waals surface area contributed by atoms with Crippen molar-refractivity contribution in [3.05, 3.63) is 11.3 Å². The molecule has 1 N–H and O–H groups in total. The maximum Gasteiger partial charge on any atom is 0.352 e. The molecule has 1 saturated heterocycles. The Bertz CT molecular complexity index is 523. The molecule has 2 heterocycles. The maximum absolute atomic E-state index is 11.7. The minimum absolute atomic E-state index is 0.153. The molecule has 2 rings (SSSR count). The number of carboxylic acid groups (broad SMARTS) is 1. The van der Waals surface area contributed by atoms with Gasteiger partial charge in [-0.2, -0.15) is 0 Å². The molecule has 0 aromatic heterocycles. The van der Waals surface area contributed by atoms with Crippen LogP contribution < -0.4 is 0 Å². The summed E-state index contributed by atoms with van der Waals surface area (Å²) in [5.74, 6) is -2.35. The Morgan fingerprint density at radius 2 is 2.12 bits per heavy atom. The highest BCUT2D eigenvalue weighted by Crippen LogP contribution is 2.38. The molecule has 2 aliphatic heterocycles. The van der Waals surface area contributed by atoms with Crippen molar-refractivity contribution in [2.75, 3.05) is 5.75 Å². The minimum atomic E-state index is -3.57. The number of amides is 1. The molecule has 2 aliphatic rings. The molecule has 0 bridgehead atoms. The Morgan fingerprint density at radius 1 is 1.56 bits per heavy atom. The van der Waals surface area contributed by atoms with E-state index < -0.39 is 32.5 Å². The molecule has 0 aromatic carbocycles. The third-order valence-corrected chi connectivity index (χ3v) is 5.24. The average molecular weight is 266 g/mol. The van der Waals surface area contributed by atoms with Crippen molar-refractivity contribution >= 4 is 33.3 Å². The molecule has 0 aromatic rings. The minimum Gasteiger partial charge on any atom is -0.477 e. The number of nitrogens with zero attached hydrogens (tertiary/aromatic N) is 1. The van der Waals surface area contributed by atoms with Crippen molar-refractivity contribution in [3.63, 3.8) is 0 Å². The van der Waals surface area contributed by atoms with Crippen molar-refractivity contribution in [1.29, 1.82) is 0 Å². The maximum atomic E-state index is 11.7. The van der Waals surface area contributed by atoms with E-state index in [1.54, 1.807) is 0 Å². The lowest BCUT2D eigenvalue weighted by Crippen LogP contribution is -2.67. The van der Waals surface area contributed by atoms with Gasteiger partial charge in [-0.1, -0.05) is 0 Å². The second-order valence-electron chi connectivity index (χ2n) is 3.74. The van der Waals surface area contributed by atoms with Gasteiger partial charge in [0.2, 0.25) is 5.91 Å². The number of carbonyl (C=O) groups excluding carboxylic acids is 1. The Kier molecular flexibility index (Phi) is 2.29. The highest BCUT2D eigenvalue weighted by atomic mass is 35.5. The summed E-state index contributed by atoms with van der Waals surface area (Å²) in [7, 11) is -3.57. The number of aliphatic carboxylic acids is 1. The molecule has 16 heavy (non-hydrogen) atoms. The molecule has 1 fully saturated rings. The number of halogens is 1. The Hall–Kier alpha value is -1.08. The van der Waals surface area contributed by atoms with Crippen molar-refractivity contribution < 1.29 is 23.1 Å². The summed E-state index contributed by atoms with van der Waals surface area (Å²) in [6.07, 6.45) is 0. The zero-order valence-electron chi connectivity index (χ0n) is 8.18. The molecule has 0 spiro atoms. The Labute approximate surface area is 96.4 Å². The molecule has 1 amide bonds. The third kappa shape index (κ3) is 1.28. The highest BCUT2D eigenvalue weighted by Gasteiger charge is 2.58. The molecule has 2 atom stereocenters. The molecule has 8 heteroatoms. The number of sulfone groups is 1. The zero-order valence-corrected chi connectivity index (χ0v) is 9.75. The van der Waals surface area contributed by atoms with Gasteiger partial charge in [-0.15, -0.1) is 11.6 Å². The van der Waals surface area contributed by atoms with E-state index in [1.165, 1.54) is 6.92 Å². The summed E-state index contributed by atoms with van der Waals surface area (Å²) in [6.45, 7) is 1.38. The van der Waals surface area contributed by atoms with E-state index in [9.17, 15) is 18.0 Å². The monoisotopic (exact) mass is 265 g/mol. The van der Waals surface area contributed by atoms with Crippen molar-refractivity contribution in [2.45, 2.75) is 17.7 Å². The van der Waals surface area contributed by atoms with E-state index in [0.717, 1.165) is 4.90 Å². The SMILES string of the molecule is CC1=C(C(=O)O)N2C(=O)[C@H](Cl)[C@H]2S(=O)(=O)C1. The second-order valence-corrected chi connectivity index (χ2v) is 6.31. The summed E-state index contributed by atoms with van der Waals surface area (Å²) in [5.41, 5.74) is -0.109. The normalized spacial score (nSPS) is 32.1. The van der Waals surface area contributed by atoms with E-state index in [4.69, 9.17) is 16.7 Å². The van der Waals surface area contributed by atoms with Crippen LogP contribution in [-0.4, -0.2) is 46.8 Å². The molecule has 0 unspecified atom stereocenters. The van der Waals surface area contributed by atoms with Gasteiger partial charge >= 0.3 is 5.97 Å². The highest BCUT2D eigenvalue weighted by molar-refractivity contribution is 7.92. The number of carbonyl (C=O) groups is 2. The van der Waals surface area contributed by atoms with Gasteiger partial charge in [0.15, 0.2) is 15.2 Å². The number of hydrogen-bond acceptors (Lipinski definition) is 4. The number of carboxylic acids is 1. The van der Waals surface area contributed by atoms with Crippen LogP contribution in [0.5, 0.6) is 0 Å². The molecule has 0 aliphatic carbocycles. The summed E-state index contributed by atoms with van der Waals surface area (Å²) in [6, 6.07) is 0. The Balaban J connectivity index is 2.58. The smallest absolute Gasteiger partial charge is 0.352 e. The van der Waals surface area contributed by atoms with Gasteiger partial charge in [-0.3, -0.25) is 9.69 Å². The zero-order chi connectivity index (χ0) is 12.2. The van der Waals surface area contributed by atoms with Crippen LogP contribution in [-0.2, 0) is 19.4 Å². The molecular formula is C8H8ClNO5S. The fraction of sp³-hybridized carbons (Fsp3) is 0.500. The van der Waals surface area contributed by atoms with Crippen molar-refractivity contribution in [1.82, 2.24) is 4.90 Å². The summed E-state index contributed by atoms with van der Waals surface area (Å²) < 4.78 is 23.3. The van der Waals surface area contributed by atoms with Crippen molar-refractivity contribution in [3.8, 4) is 0 Å². The molecular weight excluding hydrogens is 258 g/mol. The first-order valence-electron chi connectivity index (χ1n) is 4.39. The van der Waals surface area contributed by atoms with E-state index in [0.29, 0.717) is 0 Å². The van der Waals surface area contributed by atoms with E-state index in [1.807, 2.05) is 0 Å². The first kappa shape index (κ1) is 11.4. The lowest BCUT2D eigenvalue weighted by Gasteiger charge is -2.46. The van der Waals surface area contributed by atoms with Gasteiger partial charge in [0.1, 0.15) is 11.1 Å². The predicted octanol–water partition coefficient (Wildman–Crippen LogP) is -0.451. The predicted molar refractivity (Wildman–Crippen MR) is 54.4 cm³/mol. The quantitative estimate of drug-likeness (QED) is 0.512. The second kappa shape index (κ2) is 3.21. The molecule has 88 valence electrons. The van der Waals surface area contributed by atoms with E-state index in [-0.39, 0.29) is 17.0 Å². The first-order chi connectivity index (χ1) is 7.27. The van der Waals surface area contributed by atoms with Crippen LogP contribution in [0.15, 0.2) is 11.3 Å². The average Bonchev–Trinajstić information content (AvgIpc) is 2.13. The summed E-state index contributed by atoms with van der Waals surface area (Å²) >= 11 is 5.59. The fourth-order valence-corrected chi connectivity index (χ4v) is 4.57. The van der Waals surface area contributed by atoms with E-state index in [2.05, 4.69) is 0 Å². The molecule has 6 nitrogen and oxygen atoms in total. The lowest BCUT2D eigenvalue weighted by molar-refractivity contribution is -0.145. The third-order valence-electron chi connectivity index (χ3n) is 2.61. The topological polar surface area (TPSA) is 91.8 Å². The lowest BCUT2D eigenvalue weighted by atomic mass is 10.1. The van der Waals surface area contributed by atoms with Crippen LogP contribution in [0.3, 0.4) is 0 Å². The number of hydrogen-bond donors (Lipinski definition) is 1.